The van der Waals surface area contributed by atoms with Crippen LogP contribution in [0.5, 0.6) is 0 Å². The average Bonchev–Trinajstić information content (AvgIpc) is 2.99. The van der Waals surface area contributed by atoms with Crippen LogP contribution in [0.15, 0.2) is 41.5 Å². The van der Waals surface area contributed by atoms with Crippen LogP contribution in [-0.4, -0.2) is 34.8 Å². The maximum atomic E-state index is 12.6. The van der Waals surface area contributed by atoms with Crippen LogP contribution in [0.4, 0.5) is 5.69 Å². The number of nitrogens with one attached hydrogen (secondary N) is 1. The van der Waals surface area contributed by atoms with Crippen molar-refractivity contribution in [1.82, 2.24) is 9.88 Å². The summed E-state index contributed by atoms with van der Waals surface area (Å²) in [6.07, 6.45) is 1.43. The van der Waals surface area contributed by atoms with Gasteiger partial charge in [0.25, 0.3) is 5.91 Å². The Hall–Kier alpha value is -1.82. The molecule has 118 valence electrons. The van der Waals surface area contributed by atoms with Crippen LogP contribution < -0.4 is 5.32 Å². The molecule has 1 aliphatic rings. The number of guanidine groups is 1. The van der Waals surface area contributed by atoms with Gasteiger partial charge < -0.3 is 5.32 Å². The van der Waals surface area contributed by atoms with E-state index in [1.54, 1.807) is 30.3 Å². The predicted octanol–water partition coefficient (Wildman–Crippen LogP) is 3.97. The summed E-state index contributed by atoms with van der Waals surface area (Å²) < 4.78 is 0. The molecule has 0 fully saturated rings. The summed E-state index contributed by atoms with van der Waals surface area (Å²) >= 11 is 18.0. The molecule has 0 radical (unpaired) electrons. The number of rotatable bonds is 2. The molecule has 3 rings (SSSR count). The lowest BCUT2D eigenvalue weighted by molar-refractivity contribution is 0.0857. The molecule has 0 atom stereocenters. The molecule has 1 aromatic carbocycles. The first-order valence-electron chi connectivity index (χ1n) is 6.75. The molecule has 23 heavy (non-hydrogen) atoms. The SMILES string of the molecule is O=C(c1ccc(Cl)nc1)N1CCN=C1Nc1c(Cl)cccc1Cl. The summed E-state index contributed by atoms with van der Waals surface area (Å²) in [6.45, 7) is 0.961. The van der Waals surface area contributed by atoms with Crippen LogP contribution in [0.1, 0.15) is 10.4 Å². The van der Waals surface area contributed by atoms with Crippen molar-refractivity contribution in [1.29, 1.82) is 0 Å². The Bertz CT molecular complexity index is 757. The maximum Gasteiger partial charge on any atom is 0.262 e. The van der Waals surface area contributed by atoms with E-state index in [4.69, 9.17) is 34.8 Å². The number of amides is 1. The predicted molar refractivity (Wildman–Crippen MR) is 92.7 cm³/mol. The zero-order chi connectivity index (χ0) is 16.4. The Kier molecular flexibility index (Phi) is 4.71. The van der Waals surface area contributed by atoms with Gasteiger partial charge in [-0.3, -0.25) is 14.7 Å². The zero-order valence-corrected chi connectivity index (χ0v) is 14.0. The van der Waals surface area contributed by atoms with Gasteiger partial charge in [0.1, 0.15) is 5.15 Å². The van der Waals surface area contributed by atoms with Gasteiger partial charge in [0.15, 0.2) is 0 Å². The van der Waals surface area contributed by atoms with Gasteiger partial charge in [-0.05, 0) is 24.3 Å². The number of hydrogen-bond acceptors (Lipinski definition) is 4. The monoisotopic (exact) mass is 368 g/mol. The van der Waals surface area contributed by atoms with Gasteiger partial charge in [-0.2, -0.15) is 0 Å². The van der Waals surface area contributed by atoms with E-state index in [-0.39, 0.29) is 5.91 Å². The second-order valence-corrected chi connectivity index (χ2v) is 5.96. The molecule has 0 unspecified atom stereocenters. The van der Waals surface area contributed by atoms with Crippen molar-refractivity contribution in [2.45, 2.75) is 0 Å². The van der Waals surface area contributed by atoms with E-state index in [9.17, 15) is 4.79 Å². The molecule has 1 amide bonds. The summed E-state index contributed by atoms with van der Waals surface area (Å²) in [4.78, 5) is 22.3. The fraction of sp³-hybridized carbons (Fsp3) is 0.133. The molecule has 1 aliphatic heterocycles. The number of anilines is 1. The fourth-order valence-electron chi connectivity index (χ4n) is 2.14. The van der Waals surface area contributed by atoms with Crippen LogP contribution in [0.3, 0.4) is 0 Å². The molecule has 0 spiro atoms. The van der Waals surface area contributed by atoms with Crippen LogP contribution in [-0.2, 0) is 0 Å². The quantitative estimate of drug-likeness (QED) is 0.815. The summed E-state index contributed by atoms with van der Waals surface area (Å²) in [6, 6.07) is 8.35. The van der Waals surface area contributed by atoms with Crippen molar-refractivity contribution in [3.63, 3.8) is 0 Å². The van der Waals surface area contributed by atoms with Gasteiger partial charge in [0.2, 0.25) is 5.96 Å². The molecular formula is C15H11Cl3N4O. The van der Waals surface area contributed by atoms with E-state index in [1.165, 1.54) is 11.1 Å². The summed E-state index contributed by atoms with van der Waals surface area (Å²) in [5.41, 5.74) is 0.944. The second-order valence-electron chi connectivity index (χ2n) is 4.75. The highest BCUT2D eigenvalue weighted by atomic mass is 35.5. The standard InChI is InChI=1S/C15H11Cl3N4O/c16-10-2-1-3-11(17)13(10)21-15-19-6-7-22(15)14(23)9-4-5-12(18)20-8-9/h1-5,8H,6-7H2,(H,19,21). The van der Waals surface area contributed by atoms with E-state index >= 15 is 0 Å². The summed E-state index contributed by atoms with van der Waals surface area (Å²) in [7, 11) is 0. The smallest absolute Gasteiger partial charge is 0.262 e. The van der Waals surface area contributed by atoms with Crippen molar-refractivity contribution >= 4 is 52.4 Å². The van der Waals surface area contributed by atoms with Crippen LogP contribution >= 0.6 is 34.8 Å². The van der Waals surface area contributed by atoms with Crippen LogP contribution in [0.25, 0.3) is 0 Å². The summed E-state index contributed by atoms with van der Waals surface area (Å²) in [5, 5.41) is 4.27. The third-order valence-electron chi connectivity index (χ3n) is 3.26. The van der Waals surface area contributed by atoms with E-state index in [2.05, 4.69) is 15.3 Å². The second kappa shape index (κ2) is 6.74. The first-order chi connectivity index (χ1) is 11.1. The molecule has 8 heteroatoms. The number of hydrogen-bond donors (Lipinski definition) is 1. The minimum absolute atomic E-state index is 0.221. The number of pyridine rings is 1. The zero-order valence-electron chi connectivity index (χ0n) is 11.8. The van der Waals surface area contributed by atoms with Gasteiger partial charge in [0.05, 0.1) is 27.8 Å². The highest BCUT2D eigenvalue weighted by molar-refractivity contribution is 6.40. The first-order valence-corrected chi connectivity index (χ1v) is 7.88. The molecule has 0 saturated heterocycles. The Balaban J connectivity index is 1.83. The van der Waals surface area contributed by atoms with Crippen molar-refractivity contribution in [2.24, 2.45) is 4.99 Å². The normalized spacial score (nSPS) is 13.9. The van der Waals surface area contributed by atoms with Crippen LogP contribution in [0.2, 0.25) is 15.2 Å². The highest BCUT2D eigenvalue weighted by Crippen LogP contribution is 2.30. The van der Waals surface area contributed by atoms with Gasteiger partial charge in [-0.25, -0.2) is 4.98 Å². The number of benzene rings is 1. The molecule has 1 aromatic heterocycles. The number of aromatic nitrogens is 1. The Morgan fingerprint density at radius 1 is 1.13 bits per heavy atom. The third kappa shape index (κ3) is 3.42. The largest absolute Gasteiger partial charge is 0.323 e. The number of halogens is 3. The lowest BCUT2D eigenvalue weighted by Crippen LogP contribution is -2.38. The van der Waals surface area contributed by atoms with Gasteiger partial charge >= 0.3 is 0 Å². The maximum absolute atomic E-state index is 12.6. The van der Waals surface area contributed by atoms with E-state index in [0.29, 0.717) is 45.5 Å². The Morgan fingerprint density at radius 2 is 1.87 bits per heavy atom. The molecule has 0 bridgehead atoms. The third-order valence-corrected chi connectivity index (χ3v) is 4.11. The molecule has 5 nitrogen and oxygen atoms in total. The van der Waals surface area contributed by atoms with Crippen molar-refractivity contribution in [2.75, 3.05) is 18.4 Å². The van der Waals surface area contributed by atoms with Gasteiger partial charge in [-0.1, -0.05) is 40.9 Å². The molecule has 1 N–H and O–H groups in total. The lowest BCUT2D eigenvalue weighted by Gasteiger charge is -2.20. The number of aliphatic imine (C=N–C) groups is 1. The van der Waals surface area contributed by atoms with Crippen molar-refractivity contribution in [3.8, 4) is 0 Å². The fourth-order valence-corrected chi connectivity index (χ4v) is 2.74. The van der Waals surface area contributed by atoms with Gasteiger partial charge in [0, 0.05) is 12.7 Å². The van der Waals surface area contributed by atoms with E-state index < -0.39 is 0 Å². The minimum Gasteiger partial charge on any atom is -0.323 e. The Morgan fingerprint density at radius 3 is 2.52 bits per heavy atom. The number of nitrogens with zero attached hydrogens (tertiary/aromatic N) is 3. The topological polar surface area (TPSA) is 57.6 Å². The molecule has 0 saturated carbocycles. The molecular weight excluding hydrogens is 359 g/mol. The minimum atomic E-state index is -0.221. The molecule has 2 aromatic rings. The van der Waals surface area contributed by atoms with E-state index in [0.717, 1.165) is 0 Å². The number of carbonyl (C=O) groups excluding carboxylic acids is 1. The highest BCUT2D eigenvalue weighted by Gasteiger charge is 2.26. The first kappa shape index (κ1) is 16.1. The van der Waals surface area contributed by atoms with Gasteiger partial charge in [-0.15, -0.1) is 0 Å². The van der Waals surface area contributed by atoms with Crippen molar-refractivity contribution < 1.29 is 4.79 Å². The Labute approximate surface area is 147 Å². The molecule has 0 aliphatic carbocycles. The number of para-hydroxylation sites is 1. The lowest BCUT2D eigenvalue weighted by atomic mass is 10.2. The summed E-state index contributed by atoms with van der Waals surface area (Å²) in [5.74, 6) is 0.182. The number of carbonyl (C=O) groups is 1. The molecule has 2 heterocycles. The van der Waals surface area contributed by atoms with Crippen LogP contribution in [0, 0.1) is 0 Å². The average molecular weight is 370 g/mol. The van der Waals surface area contributed by atoms with Crippen molar-refractivity contribution in [3.05, 3.63) is 57.3 Å². The van der Waals surface area contributed by atoms with E-state index in [1.807, 2.05) is 0 Å².